The second kappa shape index (κ2) is 8.08. The predicted octanol–water partition coefficient (Wildman–Crippen LogP) is -1.71. The molecule has 11 nitrogen and oxygen atoms in total. The number of amides is 2. The van der Waals surface area contributed by atoms with E-state index in [9.17, 15) is 18.0 Å². The van der Waals surface area contributed by atoms with Gasteiger partial charge in [-0.1, -0.05) is 0 Å². The van der Waals surface area contributed by atoms with Crippen LogP contribution in [0.4, 0.5) is 5.95 Å². The minimum absolute atomic E-state index is 0.0624. The van der Waals surface area contributed by atoms with Crippen molar-refractivity contribution >= 4 is 27.8 Å². The van der Waals surface area contributed by atoms with Gasteiger partial charge in [-0.15, -0.1) is 0 Å². The van der Waals surface area contributed by atoms with Crippen molar-refractivity contribution < 1.29 is 22.7 Å². The highest BCUT2D eigenvalue weighted by molar-refractivity contribution is 7.88. The van der Waals surface area contributed by atoms with Crippen LogP contribution in [-0.2, 0) is 24.3 Å². The number of sulfonamides is 1. The smallest absolute Gasteiger partial charge is 0.254 e. The fourth-order valence-electron chi connectivity index (χ4n) is 4.32. The van der Waals surface area contributed by atoms with Crippen molar-refractivity contribution in [2.45, 2.75) is 12.0 Å². The zero-order valence-corrected chi connectivity index (χ0v) is 17.7. The fourth-order valence-corrected chi connectivity index (χ4v) is 5.17. The lowest BCUT2D eigenvalue weighted by atomic mass is 9.87. The Morgan fingerprint density at radius 1 is 1.23 bits per heavy atom. The summed E-state index contributed by atoms with van der Waals surface area (Å²) in [5, 5.41) is 2.73. The normalized spacial score (nSPS) is 28.4. The number of morpholine rings is 1. The lowest BCUT2D eigenvalue weighted by Gasteiger charge is -2.37. The van der Waals surface area contributed by atoms with E-state index in [1.54, 1.807) is 23.4 Å². The number of hydrogen-bond donors (Lipinski definition) is 1. The Bertz CT molecular complexity index is 913. The van der Waals surface area contributed by atoms with Gasteiger partial charge in [-0.05, 0) is 12.5 Å². The highest BCUT2D eigenvalue weighted by Gasteiger charge is 2.60. The number of carbonyl (C=O) groups is 2. The SMILES string of the molecule is CS(=O)(=O)N1C[C@H](C(=O)N2CCCN(c3ncccn3)CC2)[C@@]2(C1)OCCNC2=O. The molecule has 4 rings (SSSR count). The molecular formula is C18H26N6O5S. The second-order valence-corrected chi connectivity index (χ2v) is 9.80. The molecule has 1 N–H and O–H groups in total. The summed E-state index contributed by atoms with van der Waals surface area (Å²) in [4.78, 5) is 38.5. The van der Waals surface area contributed by atoms with Crippen molar-refractivity contribution in [2.24, 2.45) is 5.92 Å². The Morgan fingerprint density at radius 2 is 2.00 bits per heavy atom. The number of rotatable bonds is 3. The summed E-state index contributed by atoms with van der Waals surface area (Å²) in [6.07, 6.45) is 5.15. The Kier molecular flexibility index (Phi) is 5.64. The van der Waals surface area contributed by atoms with Crippen LogP contribution in [0.5, 0.6) is 0 Å². The van der Waals surface area contributed by atoms with E-state index in [0.29, 0.717) is 45.1 Å². The van der Waals surface area contributed by atoms with Crippen LogP contribution in [0.1, 0.15) is 6.42 Å². The molecule has 0 aliphatic carbocycles. The average molecular weight is 439 g/mol. The summed E-state index contributed by atoms with van der Waals surface area (Å²) in [6.45, 7) is 2.58. The highest BCUT2D eigenvalue weighted by Crippen LogP contribution is 2.36. The first kappa shape index (κ1) is 20.9. The summed E-state index contributed by atoms with van der Waals surface area (Å²) >= 11 is 0. The van der Waals surface area contributed by atoms with Gasteiger partial charge >= 0.3 is 0 Å². The van der Waals surface area contributed by atoms with Crippen molar-refractivity contribution in [3.05, 3.63) is 18.5 Å². The molecule has 3 aliphatic heterocycles. The fraction of sp³-hybridized carbons (Fsp3) is 0.667. The monoisotopic (exact) mass is 438 g/mol. The predicted molar refractivity (Wildman–Crippen MR) is 107 cm³/mol. The van der Waals surface area contributed by atoms with E-state index in [-0.39, 0.29) is 25.6 Å². The molecule has 2 atom stereocenters. The number of nitrogens with one attached hydrogen (secondary N) is 1. The summed E-state index contributed by atoms with van der Waals surface area (Å²) in [5.41, 5.74) is -1.48. The van der Waals surface area contributed by atoms with Gasteiger partial charge in [0.25, 0.3) is 5.91 Å². The lowest BCUT2D eigenvalue weighted by Crippen LogP contribution is -2.62. The molecule has 12 heteroatoms. The summed E-state index contributed by atoms with van der Waals surface area (Å²) in [7, 11) is -3.57. The zero-order valence-electron chi connectivity index (χ0n) is 16.9. The van der Waals surface area contributed by atoms with Gasteiger partial charge in [-0.25, -0.2) is 18.4 Å². The van der Waals surface area contributed by atoms with Crippen LogP contribution in [0.25, 0.3) is 0 Å². The van der Waals surface area contributed by atoms with E-state index in [1.165, 1.54) is 4.31 Å². The number of carbonyl (C=O) groups excluding carboxylic acids is 2. The molecule has 0 aromatic carbocycles. The molecule has 30 heavy (non-hydrogen) atoms. The van der Waals surface area contributed by atoms with Gasteiger partial charge in [-0.2, -0.15) is 4.31 Å². The number of aromatic nitrogens is 2. The van der Waals surface area contributed by atoms with E-state index in [2.05, 4.69) is 15.3 Å². The minimum Gasteiger partial charge on any atom is -0.361 e. The maximum atomic E-state index is 13.5. The molecule has 1 aromatic heterocycles. The molecule has 3 saturated heterocycles. The maximum absolute atomic E-state index is 13.5. The molecule has 1 spiro atoms. The number of nitrogens with zero attached hydrogens (tertiary/aromatic N) is 5. The second-order valence-electron chi connectivity index (χ2n) is 7.82. The largest absolute Gasteiger partial charge is 0.361 e. The standard InChI is InChI=1S/C18H26N6O5S/c1-30(27,28)24-12-14(18(13-24)16(26)19-6-11-29-18)15(25)22-7-3-8-23(10-9-22)17-20-4-2-5-21-17/h2,4-5,14H,3,6-13H2,1H3,(H,19,26)/t14-,18-/m1/s1. The van der Waals surface area contributed by atoms with E-state index in [1.807, 2.05) is 4.90 Å². The summed E-state index contributed by atoms with van der Waals surface area (Å²) in [5.74, 6) is -0.948. The third-order valence-corrected chi connectivity index (χ3v) is 7.12. The molecule has 1 aromatic rings. The topological polar surface area (TPSA) is 125 Å². The molecule has 164 valence electrons. The summed E-state index contributed by atoms with van der Waals surface area (Å²) in [6, 6.07) is 1.75. The van der Waals surface area contributed by atoms with Gasteiger partial charge in [0, 0.05) is 51.7 Å². The third kappa shape index (κ3) is 3.86. The van der Waals surface area contributed by atoms with Crippen LogP contribution in [0.3, 0.4) is 0 Å². The first-order valence-electron chi connectivity index (χ1n) is 9.99. The third-order valence-electron chi connectivity index (χ3n) is 5.90. The van der Waals surface area contributed by atoms with E-state index in [4.69, 9.17) is 4.74 Å². The number of ether oxygens (including phenoxy) is 1. The molecule has 0 radical (unpaired) electrons. The van der Waals surface area contributed by atoms with Crippen LogP contribution in [-0.4, -0.2) is 104 Å². The van der Waals surface area contributed by atoms with Crippen molar-refractivity contribution in [3.63, 3.8) is 0 Å². The Hall–Kier alpha value is -2.31. The lowest BCUT2D eigenvalue weighted by molar-refractivity contribution is -0.166. The molecule has 3 fully saturated rings. The van der Waals surface area contributed by atoms with Crippen molar-refractivity contribution in [2.75, 3.05) is 63.6 Å². The molecule has 4 heterocycles. The van der Waals surface area contributed by atoms with Crippen molar-refractivity contribution in [3.8, 4) is 0 Å². The van der Waals surface area contributed by atoms with Gasteiger partial charge < -0.3 is 19.9 Å². The zero-order chi connectivity index (χ0) is 21.4. The van der Waals surface area contributed by atoms with Crippen LogP contribution in [0.15, 0.2) is 18.5 Å². The Balaban J connectivity index is 1.54. The Labute approximate surface area is 175 Å². The molecule has 3 aliphatic rings. The van der Waals surface area contributed by atoms with Gasteiger partial charge in [-0.3, -0.25) is 9.59 Å². The number of hydrogen-bond acceptors (Lipinski definition) is 8. The highest BCUT2D eigenvalue weighted by atomic mass is 32.2. The molecule has 0 unspecified atom stereocenters. The quantitative estimate of drug-likeness (QED) is 0.592. The van der Waals surface area contributed by atoms with Crippen LogP contribution >= 0.6 is 0 Å². The van der Waals surface area contributed by atoms with Crippen LogP contribution in [0, 0.1) is 5.92 Å². The Morgan fingerprint density at radius 3 is 2.70 bits per heavy atom. The first-order chi connectivity index (χ1) is 14.3. The van der Waals surface area contributed by atoms with E-state index < -0.39 is 27.4 Å². The minimum atomic E-state index is -3.57. The van der Waals surface area contributed by atoms with E-state index >= 15 is 0 Å². The van der Waals surface area contributed by atoms with Crippen molar-refractivity contribution in [1.29, 1.82) is 0 Å². The van der Waals surface area contributed by atoms with Gasteiger partial charge in [0.05, 0.1) is 25.3 Å². The maximum Gasteiger partial charge on any atom is 0.254 e. The van der Waals surface area contributed by atoms with Crippen LogP contribution in [0.2, 0.25) is 0 Å². The molecular weight excluding hydrogens is 412 g/mol. The van der Waals surface area contributed by atoms with Crippen LogP contribution < -0.4 is 10.2 Å². The van der Waals surface area contributed by atoms with Crippen molar-refractivity contribution in [1.82, 2.24) is 24.5 Å². The van der Waals surface area contributed by atoms with Gasteiger partial charge in [0.2, 0.25) is 21.9 Å². The summed E-state index contributed by atoms with van der Waals surface area (Å²) < 4.78 is 31.3. The van der Waals surface area contributed by atoms with Gasteiger partial charge in [0.1, 0.15) is 0 Å². The van der Waals surface area contributed by atoms with Gasteiger partial charge in [0.15, 0.2) is 5.60 Å². The molecule has 0 bridgehead atoms. The molecule has 0 saturated carbocycles. The number of anilines is 1. The first-order valence-corrected chi connectivity index (χ1v) is 11.8. The molecule has 2 amide bonds. The average Bonchev–Trinajstić information content (AvgIpc) is 2.94. The van der Waals surface area contributed by atoms with E-state index in [0.717, 1.165) is 6.26 Å².